The van der Waals surface area contributed by atoms with Crippen LogP contribution in [0.15, 0.2) is 97.1 Å². The molecule has 0 bridgehead atoms. The van der Waals surface area contributed by atoms with Crippen LogP contribution in [0.25, 0.3) is 11.1 Å². The van der Waals surface area contributed by atoms with Crippen molar-refractivity contribution in [1.82, 2.24) is 16.0 Å². The predicted octanol–water partition coefficient (Wildman–Crippen LogP) is 9.19. The number of hydrogen-bond acceptors (Lipinski definition) is 2. The first-order valence-corrected chi connectivity index (χ1v) is 15.5. The van der Waals surface area contributed by atoms with Gasteiger partial charge in [-0.3, -0.25) is 4.79 Å². The molecule has 4 rings (SSSR count). The molecule has 4 aromatic rings. The molecule has 48 heavy (non-hydrogen) atoms. The zero-order valence-corrected chi connectivity index (χ0v) is 26.7. The fraction of sp³-hybridized carbons (Fsp3) is 0.297. The van der Waals surface area contributed by atoms with Gasteiger partial charge in [0.1, 0.15) is 0 Å². The summed E-state index contributed by atoms with van der Waals surface area (Å²) in [6.45, 7) is 5.06. The molecule has 0 aliphatic heterocycles. The van der Waals surface area contributed by atoms with E-state index < -0.39 is 47.4 Å². The highest BCUT2D eigenvalue weighted by Gasteiger charge is 2.35. The number of carbonyl (C=O) groups is 2. The number of amides is 3. The SMILES string of the molecule is CC[C@@H](NC(=O)NCc1ccccc1)c1cc(C(F)(F)F)ccc1-c1cc(C(C)C(=O)N[C@H](C)Cc2ccccc2)cc(C(F)(F)F)c1. The van der Waals surface area contributed by atoms with E-state index >= 15 is 0 Å². The Morgan fingerprint density at radius 3 is 1.90 bits per heavy atom. The molecule has 254 valence electrons. The summed E-state index contributed by atoms with van der Waals surface area (Å²) in [4.78, 5) is 26.1. The van der Waals surface area contributed by atoms with Gasteiger partial charge in [0.15, 0.2) is 0 Å². The molecule has 5 nitrogen and oxygen atoms in total. The molecule has 0 radical (unpaired) electrons. The molecule has 0 heterocycles. The molecule has 0 fully saturated rings. The fourth-order valence-electron chi connectivity index (χ4n) is 5.44. The van der Waals surface area contributed by atoms with Crippen LogP contribution in [0.3, 0.4) is 0 Å². The van der Waals surface area contributed by atoms with Crippen LogP contribution in [-0.4, -0.2) is 18.0 Å². The molecule has 0 saturated carbocycles. The average molecular weight is 670 g/mol. The third-order valence-electron chi connectivity index (χ3n) is 8.02. The Morgan fingerprint density at radius 1 is 0.708 bits per heavy atom. The summed E-state index contributed by atoms with van der Waals surface area (Å²) in [6, 6.07) is 22.3. The first-order valence-electron chi connectivity index (χ1n) is 15.5. The Labute approximate surface area is 275 Å². The topological polar surface area (TPSA) is 70.2 Å². The van der Waals surface area contributed by atoms with Crippen molar-refractivity contribution in [2.24, 2.45) is 0 Å². The lowest BCUT2D eigenvalue weighted by molar-refractivity contribution is -0.138. The number of carbonyl (C=O) groups excluding carboxylic acids is 2. The van der Waals surface area contributed by atoms with Crippen LogP contribution in [0.1, 0.15) is 72.5 Å². The minimum atomic E-state index is -4.81. The van der Waals surface area contributed by atoms with E-state index in [1.165, 1.54) is 13.0 Å². The monoisotopic (exact) mass is 669 g/mol. The Balaban J connectivity index is 1.69. The Morgan fingerprint density at radius 2 is 1.31 bits per heavy atom. The van der Waals surface area contributed by atoms with E-state index in [0.717, 1.165) is 41.5 Å². The van der Waals surface area contributed by atoms with Gasteiger partial charge in [-0.05, 0) is 84.3 Å². The van der Waals surface area contributed by atoms with Crippen molar-refractivity contribution < 1.29 is 35.9 Å². The number of alkyl halides is 6. The summed E-state index contributed by atoms with van der Waals surface area (Å²) in [5.74, 6) is -1.52. The largest absolute Gasteiger partial charge is 0.416 e. The fourth-order valence-corrected chi connectivity index (χ4v) is 5.44. The standard InChI is InChI=1S/C37H37F6N3O2/c1-4-33(46-35(48)44-22-26-13-9-6-10-14-26)32-21-29(36(38,39)40)15-16-31(32)28-18-27(19-30(20-28)37(41,42)43)24(3)34(47)45-23(2)17-25-11-7-5-8-12-25/h5-16,18-21,23-24,33H,4,17,22H2,1-3H3,(H,45,47)(H2,44,46,48)/t23-,24?,33-/m1/s1. The third-order valence-corrected chi connectivity index (χ3v) is 8.02. The molecule has 0 aliphatic rings. The number of hydrogen-bond donors (Lipinski definition) is 3. The zero-order chi connectivity index (χ0) is 35.1. The van der Waals surface area contributed by atoms with Crippen molar-refractivity contribution in [2.75, 3.05) is 0 Å². The quantitative estimate of drug-likeness (QED) is 0.139. The maximum Gasteiger partial charge on any atom is 0.416 e. The van der Waals surface area contributed by atoms with Crippen molar-refractivity contribution in [1.29, 1.82) is 0 Å². The normalized spacial score (nSPS) is 13.7. The van der Waals surface area contributed by atoms with E-state index in [9.17, 15) is 35.9 Å². The predicted molar refractivity (Wildman–Crippen MR) is 173 cm³/mol. The molecule has 0 saturated heterocycles. The molecular formula is C37H37F6N3O2. The molecule has 3 N–H and O–H groups in total. The lowest BCUT2D eigenvalue weighted by Gasteiger charge is -2.24. The average Bonchev–Trinajstić information content (AvgIpc) is 3.05. The maximum absolute atomic E-state index is 14.2. The lowest BCUT2D eigenvalue weighted by Crippen LogP contribution is -2.37. The van der Waals surface area contributed by atoms with Gasteiger partial charge in [0.25, 0.3) is 0 Å². The minimum Gasteiger partial charge on any atom is -0.353 e. The summed E-state index contributed by atoms with van der Waals surface area (Å²) in [5, 5.41) is 8.20. The van der Waals surface area contributed by atoms with Gasteiger partial charge >= 0.3 is 18.4 Å². The van der Waals surface area contributed by atoms with Crippen molar-refractivity contribution >= 4 is 11.9 Å². The summed E-state index contributed by atoms with van der Waals surface area (Å²) in [7, 11) is 0. The second-order valence-electron chi connectivity index (χ2n) is 11.7. The molecule has 1 unspecified atom stereocenters. The Hall–Kier alpha value is -4.80. The second-order valence-corrected chi connectivity index (χ2v) is 11.7. The molecule has 3 amide bonds. The molecule has 0 aliphatic carbocycles. The highest BCUT2D eigenvalue weighted by molar-refractivity contribution is 5.84. The van der Waals surface area contributed by atoms with Crippen LogP contribution in [0.2, 0.25) is 0 Å². The van der Waals surface area contributed by atoms with Crippen molar-refractivity contribution in [3.8, 4) is 11.1 Å². The van der Waals surface area contributed by atoms with Gasteiger partial charge in [0.05, 0.1) is 23.1 Å². The zero-order valence-electron chi connectivity index (χ0n) is 26.7. The van der Waals surface area contributed by atoms with E-state index in [0.29, 0.717) is 6.42 Å². The second kappa shape index (κ2) is 15.4. The van der Waals surface area contributed by atoms with Crippen LogP contribution < -0.4 is 16.0 Å². The van der Waals surface area contributed by atoms with Crippen molar-refractivity contribution in [3.05, 3.63) is 130 Å². The smallest absolute Gasteiger partial charge is 0.353 e. The highest BCUT2D eigenvalue weighted by Crippen LogP contribution is 2.40. The summed E-state index contributed by atoms with van der Waals surface area (Å²) in [5.41, 5.74) is -0.247. The van der Waals surface area contributed by atoms with Crippen LogP contribution in [0, 0.1) is 0 Å². The number of rotatable bonds is 11. The van der Waals surface area contributed by atoms with Crippen LogP contribution >= 0.6 is 0 Å². The molecule has 4 aromatic carbocycles. The number of benzene rings is 4. The van der Waals surface area contributed by atoms with Gasteiger partial charge in [0.2, 0.25) is 5.91 Å². The van der Waals surface area contributed by atoms with Crippen molar-refractivity contribution in [2.45, 2.75) is 70.5 Å². The Bertz CT molecular complexity index is 1690. The van der Waals surface area contributed by atoms with Gasteiger partial charge in [0, 0.05) is 12.6 Å². The van der Waals surface area contributed by atoms with Crippen LogP contribution in [0.5, 0.6) is 0 Å². The van der Waals surface area contributed by atoms with Gasteiger partial charge < -0.3 is 16.0 Å². The summed E-state index contributed by atoms with van der Waals surface area (Å²) in [6.07, 6.45) is -8.92. The molecule has 0 spiro atoms. The highest BCUT2D eigenvalue weighted by atomic mass is 19.4. The van der Waals surface area contributed by atoms with Crippen molar-refractivity contribution in [3.63, 3.8) is 0 Å². The van der Waals surface area contributed by atoms with E-state index in [1.807, 2.05) is 36.4 Å². The molecule has 11 heteroatoms. The van der Waals surface area contributed by atoms with E-state index in [1.54, 1.807) is 38.1 Å². The van der Waals surface area contributed by atoms with Gasteiger partial charge in [-0.1, -0.05) is 79.7 Å². The summed E-state index contributed by atoms with van der Waals surface area (Å²) < 4.78 is 84.2. The number of nitrogens with one attached hydrogen (secondary N) is 3. The number of halogens is 6. The van der Waals surface area contributed by atoms with Gasteiger partial charge in [-0.2, -0.15) is 26.3 Å². The Kier molecular flexibility index (Phi) is 11.6. The molecular weight excluding hydrogens is 632 g/mol. The third kappa shape index (κ3) is 9.62. The van der Waals surface area contributed by atoms with E-state index in [2.05, 4.69) is 16.0 Å². The first-order chi connectivity index (χ1) is 22.7. The van der Waals surface area contributed by atoms with E-state index in [4.69, 9.17) is 0 Å². The first kappa shape index (κ1) is 36.0. The van der Waals surface area contributed by atoms with Crippen LogP contribution in [-0.2, 0) is 30.1 Å². The van der Waals surface area contributed by atoms with E-state index in [-0.39, 0.29) is 41.3 Å². The lowest BCUT2D eigenvalue weighted by atomic mass is 9.88. The van der Waals surface area contributed by atoms with Gasteiger partial charge in [-0.25, -0.2) is 4.79 Å². The molecule has 0 aromatic heterocycles. The number of urea groups is 1. The van der Waals surface area contributed by atoms with Gasteiger partial charge in [-0.15, -0.1) is 0 Å². The summed E-state index contributed by atoms with van der Waals surface area (Å²) >= 11 is 0. The van der Waals surface area contributed by atoms with Crippen LogP contribution in [0.4, 0.5) is 31.1 Å². The molecule has 3 atom stereocenters. The minimum absolute atomic E-state index is 0.0129. The maximum atomic E-state index is 14.2.